The summed E-state index contributed by atoms with van der Waals surface area (Å²) in [4.78, 5) is 19.2. The van der Waals surface area contributed by atoms with E-state index in [4.69, 9.17) is 9.25 Å². The van der Waals surface area contributed by atoms with E-state index >= 15 is 0 Å². The van der Waals surface area contributed by atoms with Gasteiger partial charge in [-0.2, -0.15) is 0 Å². The lowest BCUT2D eigenvalue weighted by Crippen LogP contribution is -2.46. The first-order valence-electron chi connectivity index (χ1n) is 7.24. The highest BCUT2D eigenvalue weighted by Gasteiger charge is 2.33. The summed E-state index contributed by atoms with van der Waals surface area (Å²) in [6.07, 6.45) is 1.94. The Labute approximate surface area is 139 Å². The smallest absolute Gasteiger partial charge is 0.272 e. The Balaban J connectivity index is 1.89. The molecule has 0 bridgehead atoms. The molecule has 2 aromatic rings. The fourth-order valence-electron chi connectivity index (χ4n) is 2.31. The van der Waals surface area contributed by atoms with Gasteiger partial charge in [0.25, 0.3) is 5.91 Å². The predicted molar refractivity (Wildman–Crippen MR) is 85.9 cm³/mol. The van der Waals surface area contributed by atoms with Crippen LogP contribution in [0.1, 0.15) is 18.2 Å². The number of nitrogens with zero attached hydrogens (tertiary/aromatic N) is 2. The molecule has 0 spiro atoms. The van der Waals surface area contributed by atoms with Crippen molar-refractivity contribution in [2.24, 2.45) is 5.16 Å². The molecule has 1 unspecified atom stereocenters. The summed E-state index contributed by atoms with van der Waals surface area (Å²) < 4.78 is 28.4. The van der Waals surface area contributed by atoms with Gasteiger partial charge in [-0.15, -0.1) is 0 Å². The number of sulfone groups is 1. The Morgan fingerprint density at radius 3 is 2.50 bits per heavy atom. The highest BCUT2D eigenvalue weighted by atomic mass is 32.2. The molecule has 1 amide bonds. The second-order valence-electron chi connectivity index (χ2n) is 5.48. The minimum absolute atomic E-state index is 0.229. The molecular formula is C16H16N2O5S. The number of carbonyl (C=O) groups is 1. The van der Waals surface area contributed by atoms with E-state index in [1.165, 1.54) is 23.3 Å². The van der Waals surface area contributed by atoms with Gasteiger partial charge in [0.1, 0.15) is 0 Å². The molecule has 0 fully saturated rings. The fraction of sp³-hybridized carbons (Fsp3) is 0.250. The molecule has 1 aliphatic heterocycles. The summed E-state index contributed by atoms with van der Waals surface area (Å²) in [6, 6.07) is 9.75. The molecule has 0 saturated carbocycles. The summed E-state index contributed by atoms with van der Waals surface area (Å²) in [6.45, 7) is 1.85. The van der Waals surface area contributed by atoms with Gasteiger partial charge in [-0.05, 0) is 36.8 Å². The molecule has 24 heavy (non-hydrogen) atoms. The van der Waals surface area contributed by atoms with Crippen LogP contribution < -0.4 is 0 Å². The van der Waals surface area contributed by atoms with Crippen molar-refractivity contribution in [3.63, 3.8) is 0 Å². The largest absolute Gasteiger partial charge is 0.461 e. The maximum Gasteiger partial charge on any atom is 0.272 e. The van der Waals surface area contributed by atoms with Gasteiger partial charge in [-0.1, -0.05) is 17.3 Å². The van der Waals surface area contributed by atoms with Crippen molar-refractivity contribution >= 4 is 21.6 Å². The summed E-state index contributed by atoms with van der Waals surface area (Å²) in [5, 5.41) is 3.97. The molecule has 0 aliphatic carbocycles. The quantitative estimate of drug-likeness (QED) is 0.840. The van der Waals surface area contributed by atoms with E-state index < -0.39 is 15.9 Å². The van der Waals surface area contributed by atoms with Crippen molar-refractivity contribution in [1.82, 2.24) is 4.90 Å². The molecule has 1 aromatic heterocycles. The number of amides is 1. The minimum Gasteiger partial charge on any atom is -0.461 e. The molecular weight excluding hydrogens is 332 g/mol. The van der Waals surface area contributed by atoms with Gasteiger partial charge in [-0.25, -0.2) is 8.42 Å². The first-order chi connectivity index (χ1) is 11.4. The van der Waals surface area contributed by atoms with Gasteiger partial charge in [0.2, 0.25) is 11.9 Å². The van der Waals surface area contributed by atoms with Crippen LogP contribution in [0.15, 0.2) is 57.1 Å². The Morgan fingerprint density at radius 2 is 1.92 bits per heavy atom. The molecule has 126 valence electrons. The first kappa shape index (κ1) is 16.3. The minimum atomic E-state index is -3.26. The zero-order chi connectivity index (χ0) is 17.3. The number of amidine groups is 1. The van der Waals surface area contributed by atoms with E-state index in [-0.39, 0.29) is 23.2 Å². The summed E-state index contributed by atoms with van der Waals surface area (Å²) in [7, 11) is -3.26. The Bertz CT molecular complexity index is 870. The van der Waals surface area contributed by atoms with Gasteiger partial charge >= 0.3 is 0 Å². The molecule has 8 heteroatoms. The molecule has 3 rings (SSSR count). The number of oxime groups is 1. The zero-order valence-corrected chi connectivity index (χ0v) is 14.0. The Morgan fingerprint density at radius 1 is 1.21 bits per heavy atom. The predicted octanol–water partition coefficient (Wildman–Crippen LogP) is 1.79. The highest BCUT2D eigenvalue weighted by molar-refractivity contribution is 7.90. The lowest BCUT2D eigenvalue weighted by Gasteiger charge is -2.28. The van der Waals surface area contributed by atoms with Crippen LogP contribution in [-0.4, -0.2) is 37.4 Å². The molecule has 0 saturated heterocycles. The van der Waals surface area contributed by atoms with Crippen LogP contribution in [0.4, 0.5) is 0 Å². The van der Waals surface area contributed by atoms with Crippen LogP contribution in [0.3, 0.4) is 0 Å². The number of hydrogen-bond acceptors (Lipinski definition) is 6. The van der Waals surface area contributed by atoms with Crippen LogP contribution >= 0.6 is 0 Å². The summed E-state index contributed by atoms with van der Waals surface area (Å²) in [5.41, 5.74) is 0.768. The van der Waals surface area contributed by atoms with Crippen LogP contribution in [-0.2, 0) is 26.0 Å². The van der Waals surface area contributed by atoms with Crippen molar-refractivity contribution < 1.29 is 22.5 Å². The van der Waals surface area contributed by atoms with Crippen LogP contribution in [0.25, 0.3) is 0 Å². The Hall–Kier alpha value is -2.61. The molecule has 1 aliphatic rings. The van der Waals surface area contributed by atoms with Crippen molar-refractivity contribution in [3.05, 3.63) is 54.0 Å². The topological polar surface area (TPSA) is 89.2 Å². The van der Waals surface area contributed by atoms with Crippen LogP contribution in [0.2, 0.25) is 0 Å². The third-order valence-corrected chi connectivity index (χ3v) is 4.73. The number of rotatable bonds is 4. The summed E-state index contributed by atoms with van der Waals surface area (Å²) >= 11 is 0. The molecule has 0 N–H and O–H groups in total. The lowest BCUT2D eigenvalue weighted by molar-refractivity contribution is -0.142. The van der Waals surface area contributed by atoms with Crippen molar-refractivity contribution in [2.75, 3.05) is 6.26 Å². The molecule has 7 nitrogen and oxygen atoms in total. The molecule has 2 heterocycles. The zero-order valence-electron chi connectivity index (χ0n) is 13.2. The van der Waals surface area contributed by atoms with Gasteiger partial charge in [-0.3, -0.25) is 9.69 Å². The van der Waals surface area contributed by atoms with Crippen molar-refractivity contribution in [1.29, 1.82) is 0 Å². The normalized spacial score (nSPS) is 18.2. The van der Waals surface area contributed by atoms with Gasteiger partial charge in [0, 0.05) is 6.26 Å². The number of carbonyl (C=O) groups excluding carboxylic acids is 1. The van der Waals surface area contributed by atoms with E-state index in [9.17, 15) is 13.2 Å². The average molecular weight is 348 g/mol. The highest BCUT2D eigenvalue weighted by Crippen LogP contribution is 2.19. The van der Waals surface area contributed by atoms with E-state index in [2.05, 4.69) is 5.16 Å². The molecule has 1 atom stereocenters. The first-order valence-corrected chi connectivity index (χ1v) is 9.13. The second kappa shape index (κ2) is 6.12. The van der Waals surface area contributed by atoms with Crippen LogP contribution in [0, 0.1) is 0 Å². The SMILES string of the molecule is CC1ON=C(c2ccco2)N(Cc2ccc(S(C)(=O)=O)cc2)C1=O. The lowest BCUT2D eigenvalue weighted by atomic mass is 10.2. The maximum atomic E-state index is 12.4. The Kier molecular flexibility index (Phi) is 4.15. The number of furan rings is 1. The monoisotopic (exact) mass is 348 g/mol. The molecule has 1 aromatic carbocycles. The third-order valence-electron chi connectivity index (χ3n) is 3.60. The van der Waals surface area contributed by atoms with E-state index in [1.54, 1.807) is 31.2 Å². The van der Waals surface area contributed by atoms with Crippen molar-refractivity contribution in [2.45, 2.75) is 24.5 Å². The van der Waals surface area contributed by atoms with Crippen molar-refractivity contribution in [3.8, 4) is 0 Å². The van der Waals surface area contributed by atoms with Gasteiger partial charge in [0.05, 0.1) is 17.7 Å². The van der Waals surface area contributed by atoms with Crippen LogP contribution in [0.5, 0.6) is 0 Å². The van der Waals surface area contributed by atoms with E-state index in [0.29, 0.717) is 5.76 Å². The van der Waals surface area contributed by atoms with E-state index in [0.717, 1.165) is 11.8 Å². The number of benzene rings is 1. The summed E-state index contributed by atoms with van der Waals surface area (Å²) in [5.74, 6) is 0.460. The maximum absolute atomic E-state index is 12.4. The standard InChI is InChI=1S/C16H16N2O5S/c1-11-16(19)18(15(17-23-11)14-4-3-9-22-14)10-12-5-7-13(8-6-12)24(2,20)21/h3-9,11H,10H2,1-2H3. The average Bonchev–Trinajstić information content (AvgIpc) is 3.06. The van der Waals surface area contributed by atoms with E-state index in [1.807, 2.05) is 0 Å². The fourth-order valence-corrected chi connectivity index (χ4v) is 2.94. The van der Waals surface area contributed by atoms with Gasteiger partial charge < -0.3 is 9.25 Å². The second-order valence-corrected chi connectivity index (χ2v) is 7.50. The number of hydrogen-bond donors (Lipinski definition) is 0. The third kappa shape index (κ3) is 3.18. The molecule has 0 radical (unpaired) electrons. The van der Waals surface area contributed by atoms with Gasteiger partial charge in [0.15, 0.2) is 15.6 Å².